The molecule has 0 aromatic heterocycles. The summed E-state index contributed by atoms with van der Waals surface area (Å²) in [5.74, 6) is -3.33. The maximum Gasteiger partial charge on any atom is 0.428 e. The van der Waals surface area contributed by atoms with Gasteiger partial charge in [-0.15, -0.1) is 0 Å². The maximum absolute atomic E-state index is 13.8. The Morgan fingerprint density at radius 3 is 2.17 bits per heavy atom. The first-order valence-corrected chi connectivity index (χ1v) is 6.46. The molecule has 0 saturated carbocycles. The van der Waals surface area contributed by atoms with Crippen LogP contribution in [0.1, 0.15) is 25.8 Å². The number of halogens is 4. The Labute approximate surface area is 130 Å². The Morgan fingerprint density at radius 2 is 1.83 bits per heavy atom. The van der Waals surface area contributed by atoms with Crippen LogP contribution >= 0.6 is 0 Å². The van der Waals surface area contributed by atoms with E-state index in [0.717, 1.165) is 6.07 Å². The molecule has 1 unspecified atom stereocenters. The van der Waals surface area contributed by atoms with E-state index in [1.807, 2.05) is 0 Å². The zero-order chi connectivity index (χ0) is 18.0. The lowest BCUT2D eigenvalue weighted by Gasteiger charge is -2.28. The molecule has 0 amide bonds. The van der Waals surface area contributed by atoms with Gasteiger partial charge in [0.05, 0.1) is 7.11 Å². The van der Waals surface area contributed by atoms with Crippen LogP contribution in [0.5, 0.6) is 5.75 Å². The van der Waals surface area contributed by atoms with E-state index in [2.05, 4.69) is 0 Å². The summed E-state index contributed by atoms with van der Waals surface area (Å²) in [5.41, 5.74) is -3.73. The van der Waals surface area contributed by atoms with E-state index in [4.69, 9.17) is 9.84 Å². The van der Waals surface area contributed by atoms with Gasteiger partial charge in [0.2, 0.25) is 0 Å². The number of hydrogen-bond acceptors (Lipinski definition) is 3. The highest BCUT2D eigenvalue weighted by molar-refractivity contribution is 5.83. The van der Waals surface area contributed by atoms with E-state index in [9.17, 15) is 27.5 Å². The fourth-order valence-electron chi connectivity index (χ4n) is 1.97. The SMILES string of the molecule is COc1ccc(C(CC(O)(C(=O)O)C(F)(F)F)=C(C)C)cc1F. The van der Waals surface area contributed by atoms with Gasteiger partial charge in [-0.2, -0.15) is 13.2 Å². The first kappa shape index (κ1) is 19.0. The average molecular weight is 336 g/mol. The number of rotatable bonds is 5. The van der Waals surface area contributed by atoms with Crippen molar-refractivity contribution in [2.75, 3.05) is 7.11 Å². The Kier molecular flexibility index (Phi) is 5.42. The second kappa shape index (κ2) is 6.57. The van der Waals surface area contributed by atoms with Crippen molar-refractivity contribution in [1.82, 2.24) is 0 Å². The van der Waals surface area contributed by atoms with Crippen molar-refractivity contribution in [2.24, 2.45) is 0 Å². The average Bonchev–Trinajstić information content (AvgIpc) is 2.42. The standard InChI is InChI=1S/C15H16F4O4/c1-8(2)10(7-14(22,13(20)21)15(17,18)19)9-4-5-12(23-3)11(16)6-9/h4-6,22H,7H2,1-3H3,(H,20,21). The van der Waals surface area contributed by atoms with Gasteiger partial charge in [0.1, 0.15) is 0 Å². The largest absolute Gasteiger partial charge is 0.494 e. The van der Waals surface area contributed by atoms with Gasteiger partial charge in [-0.05, 0) is 37.1 Å². The number of carboxylic acid groups (broad SMARTS) is 1. The van der Waals surface area contributed by atoms with Crippen molar-refractivity contribution >= 4 is 11.5 Å². The van der Waals surface area contributed by atoms with Gasteiger partial charge in [-0.1, -0.05) is 11.6 Å². The van der Waals surface area contributed by atoms with Crippen LogP contribution < -0.4 is 4.74 Å². The quantitative estimate of drug-likeness (QED) is 0.809. The molecule has 8 heteroatoms. The molecular weight excluding hydrogens is 320 g/mol. The normalized spacial score (nSPS) is 14.1. The number of ether oxygens (including phenoxy) is 1. The molecule has 0 aliphatic carbocycles. The molecule has 23 heavy (non-hydrogen) atoms. The molecule has 0 spiro atoms. The number of benzene rings is 1. The third-order valence-electron chi connectivity index (χ3n) is 3.36. The minimum absolute atomic E-state index is 0.0345. The fourth-order valence-corrected chi connectivity index (χ4v) is 1.97. The minimum atomic E-state index is -5.38. The van der Waals surface area contributed by atoms with Crippen molar-refractivity contribution in [3.05, 3.63) is 35.2 Å². The van der Waals surface area contributed by atoms with Crippen LogP contribution in [0.15, 0.2) is 23.8 Å². The Balaban J connectivity index is 3.37. The maximum atomic E-state index is 13.8. The number of aliphatic carboxylic acids is 1. The first-order valence-electron chi connectivity index (χ1n) is 6.46. The number of methoxy groups -OCH3 is 1. The van der Waals surface area contributed by atoms with Gasteiger partial charge in [-0.25, -0.2) is 9.18 Å². The topological polar surface area (TPSA) is 66.8 Å². The van der Waals surface area contributed by atoms with Gasteiger partial charge in [0, 0.05) is 6.42 Å². The Bertz CT molecular complexity index is 633. The zero-order valence-corrected chi connectivity index (χ0v) is 12.7. The number of allylic oxidation sites excluding steroid dienone is 1. The second-order valence-electron chi connectivity index (χ2n) is 5.17. The van der Waals surface area contributed by atoms with E-state index in [1.165, 1.54) is 33.1 Å². The summed E-state index contributed by atoms with van der Waals surface area (Å²) in [4.78, 5) is 10.9. The van der Waals surface area contributed by atoms with Crippen LogP contribution in [-0.2, 0) is 4.79 Å². The van der Waals surface area contributed by atoms with Gasteiger partial charge in [-0.3, -0.25) is 0 Å². The Hall–Kier alpha value is -2.09. The molecule has 1 atom stereocenters. The first-order chi connectivity index (χ1) is 10.4. The predicted molar refractivity (Wildman–Crippen MR) is 74.5 cm³/mol. The van der Waals surface area contributed by atoms with E-state index >= 15 is 0 Å². The summed E-state index contributed by atoms with van der Waals surface area (Å²) >= 11 is 0. The van der Waals surface area contributed by atoms with Crippen molar-refractivity contribution < 1.29 is 37.3 Å². The van der Waals surface area contributed by atoms with Gasteiger partial charge in [0.15, 0.2) is 11.6 Å². The van der Waals surface area contributed by atoms with Crippen LogP contribution in [0, 0.1) is 5.82 Å². The van der Waals surface area contributed by atoms with Crippen LogP contribution in [0.2, 0.25) is 0 Å². The molecule has 0 saturated heterocycles. The van der Waals surface area contributed by atoms with Gasteiger partial charge >= 0.3 is 12.1 Å². The van der Waals surface area contributed by atoms with Crippen LogP contribution in [0.3, 0.4) is 0 Å². The van der Waals surface area contributed by atoms with Crippen molar-refractivity contribution in [1.29, 1.82) is 0 Å². The summed E-state index contributed by atoms with van der Waals surface area (Å²) in [5, 5.41) is 18.4. The molecule has 0 aliphatic rings. The zero-order valence-electron chi connectivity index (χ0n) is 12.7. The van der Waals surface area contributed by atoms with Crippen LogP contribution in [-0.4, -0.2) is 35.1 Å². The number of aliphatic hydroxyl groups is 1. The molecular formula is C15H16F4O4. The third kappa shape index (κ3) is 3.82. The highest BCUT2D eigenvalue weighted by atomic mass is 19.4. The Morgan fingerprint density at radius 1 is 1.26 bits per heavy atom. The van der Waals surface area contributed by atoms with E-state index in [1.54, 1.807) is 0 Å². The van der Waals surface area contributed by atoms with Gasteiger partial charge < -0.3 is 14.9 Å². The molecule has 1 rings (SSSR count). The minimum Gasteiger partial charge on any atom is -0.494 e. The molecule has 0 radical (unpaired) electrons. The molecule has 0 heterocycles. The van der Waals surface area contributed by atoms with Crippen molar-refractivity contribution in [3.8, 4) is 5.75 Å². The van der Waals surface area contributed by atoms with Crippen LogP contribution in [0.25, 0.3) is 5.57 Å². The third-order valence-corrected chi connectivity index (χ3v) is 3.36. The number of carbonyl (C=O) groups is 1. The molecule has 128 valence electrons. The summed E-state index contributed by atoms with van der Waals surface area (Å²) in [7, 11) is 1.23. The van der Waals surface area contributed by atoms with E-state index in [-0.39, 0.29) is 16.9 Å². The molecule has 0 fully saturated rings. The number of carboxylic acids is 1. The smallest absolute Gasteiger partial charge is 0.428 e. The van der Waals surface area contributed by atoms with Crippen LogP contribution in [0.4, 0.5) is 17.6 Å². The summed E-state index contributed by atoms with van der Waals surface area (Å²) in [6.45, 7) is 2.88. The van der Waals surface area contributed by atoms with Gasteiger partial charge in [0.25, 0.3) is 5.60 Å². The molecule has 4 nitrogen and oxygen atoms in total. The highest BCUT2D eigenvalue weighted by Crippen LogP contribution is 2.39. The van der Waals surface area contributed by atoms with Crippen molar-refractivity contribution in [3.63, 3.8) is 0 Å². The molecule has 0 bridgehead atoms. The highest BCUT2D eigenvalue weighted by Gasteiger charge is 2.60. The summed E-state index contributed by atoms with van der Waals surface area (Å²) in [6, 6.07) is 3.43. The fraction of sp³-hybridized carbons (Fsp3) is 0.400. The molecule has 1 aromatic rings. The second-order valence-corrected chi connectivity index (χ2v) is 5.17. The predicted octanol–water partition coefficient (Wildman–Crippen LogP) is 3.40. The number of alkyl halides is 3. The molecule has 0 aliphatic heterocycles. The van der Waals surface area contributed by atoms with E-state index < -0.39 is 30.0 Å². The number of hydrogen-bond donors (Lipinski definition) is 2. The van der Waals surface area contributed by atoms with E-state index in [0.29, 0.717) is 5.57 Å². The lowest BCUT2D eigenvalue weighted by Crippen LogP contribution is -2.52. The lowest BCUT2D eigenvalue weighted by atomic mass is 9.87. The summed E-state index contributed by atoms with van der Waals surface area (Å²) < 4.78 is 57.3. The lowest BCUT2D eigenvalue weighted by molar-refractivity contribution is -0.258. The summed E-state index contributed by atoms with van der Waals surface area (Å²) in [6.07, 6.45) is -6.62. The van der Waals surface area contributed by atoms with Crippen molar-refractivity contribution in [2.45, 2.75) is 32.0 Å². The monoisotopic (exact) mass is 336 g/mol. The molecule has 2 N–H and O–H groups in total. The molecule has 1 aromatic carbocycles.